The Morgan fingerprint density at radius 3 is 1.94 bits per heavy atom. The van der Waals surface area contributed by atoms with E-state index < -0.39 is 41.3 Å². The number of carbonyl (C=O) groups is 5. The molecule has 0 radical (unpaired) electrons. The van der Waals surface area contributed by atoms with Gasteiger partial charge < -0.3 is 32.1 Å². The summed E-state index contributed by atoms with van der Waals surface area (Å²) in [7, 11) is 1.86. The lowest BCUT2D eigenvalue weighted by atomic mass is 9.86. The molecule has 1 saturated heterocycles. The Labute approximate surface area is 296 Å². The predicted molar refractivity (Wildman–Crippen MR) is 194 cm³/mol. The predicted octanol–water partition coefficient (Wildman–Crippen LogP) is 3.28. The molecular weight excluding hydrogens is 634 g/mol. The number of nitrogens with two attached hydrogens (primary N) is 2. The molecule has 1 aliphatic rings. The standard InChI is InChI=1S/C39H57N5O6/c1-27(2)22-33(35(46)25-30(16-10-11-19-42-3)37(48)44-20-17-39(41,18-21-44)38(49)50)43-36(47)31(23-28-12-6-4-7-13-28)26-34(45)32(40)24-29-14-8-5-9-15-29/h4-9,12-15,27,30-33,42H,10-11,16-26,40-41H2,1-3H3,(H,43,47)(H,49,50)/t30-,31-,32+,33+/m0/s1. The molecule has 0 spiro atoms. The van der Waals surface area contributed by atoms with Crippen LogP contribution in [0.15, 0.2) is 60.7 Å². The fraction of sp³-hybridized carbons (Fsp3) is 0.564. The number of amides is 2. The van der Waals surface area contributed by atoms with Gasteiger partial charge in [-0.25, -0.2) is 0 Å². The van der Waals surface area contributed by atoms with E-state index in [0.717, 1.165) is 30.5 Å². The van der Waals surface area contributed by atoms with Crippen molar-refractivity contribution in [3.63, 3.8) is 0 Å². The molecule has 0 saturated carbocycles. The number of nitrogens with one attached hydrogen (secondary N) is 2. The number of ketones is 2. The van der Waals surface area contributed by atoms with Crippen LogP contribution in [-0.2, 0) is 36.8 Å². The Morgan fingerprint density at radius 2 is 1.40 bits per heavy atom. The molecule has 7 N–H and O–H groups in total. The van der Waals surface area contributed by atoms with E-state index >= 15 is 0 Å². The Balaban J connectivity index is 1.77. The third-order valence-electron chi connectivity index (χ3n) is 9.69. The largest absolute Gasteiger partial charge is 0.480 e. The average molecular weight is 692 g/mol. The molecule has 3 rings (SSSR count). The highest BCUT2D eigenvalue weighted by Crippen LogP contribution is 2.26. The fourth-order valence-corrected chi connectivity index (χ4v) is 6.55. The maximum atomic E-state index is 14.0. The van der Waals surface area contributed by atoms with E-state index in [0.29, 0.717) is 25.7 Å². The van der Waals surface area contributed by atoms with E-state index in [2.05, 4.69) is 10.6 Å². The highest BCUT2D eigenvalue weighted by molar-refractivity contribution is 5.95. The minimum absolute atomic E-state index is 0.0521. The second kappa shape index (κ2) is 20.1. The van der Waals surface area contributed by atoms with Crippen LogP contribution >= 0.6 is 0 Å². The summed E-state index contributed by atoms with van der Waals surface area (Å²) in [5, 5.41) is 15.6. The molecule has 11 heteroatoms. The number of aliphatic carboxylic acids is 1. The molecule has 1 aliphatic heterocycles. The van der Waals surface area contributed by atoms with Gasteiger partial charge in [-0.15, -0.1) is 0 Å². The summed E-state index contributed by atoms with van der Waals surface area (Å²) in [6, 6.07) is 17.3. The van der Waals surface area contributed by atoms with Crippen LogP contribution in [0.1, 0.15) is 76.3 Å². The van der Waals surface area contributed by atoms with Gasteiger partial charge in [0, 0.05) is 37.8 Å². The van der Waals surface area contributed by atoms with Crippen molar-refractivity contribution in [1.29, 1.82) is 0 Å². The number of carboxylic acids is 1. The third-order valence-corrected chi connectivity index (χ3v) is 9.69. The molecule has 1 fully saturated rings. The van der Waals surface area contributed by atoms with E-state index in [1.54, 1.807) is 4.90 Å². The van der Waals surface area contributed by atoms with Crippen molar-refractivity contribution in [2.24, 2.45) is 29.2 Å². The first-order valence-electron chi connectivity index (χ1n) is 18.0. The minimum Gasteiger partial charge on any atom is -0.480 e. The molecule has 2 aromatic carbocycles. The summed E-state index contributed by atoms with van der Waals surface area (Å²) < 4.78 is 0. The first kappa shape index (κ1) is 40.5. The lowest BCUT2D eigenvalue weighted by Crippen LogP contribution is -2.57. The number of unbranched alkanes of at least 4 members (excludes halogenated alkanes) is 1. The molecular formula is C39H57N5O6. The summed E-state index contributed by atoms with van der Waals surface area (Å²) in [5.74, 6) is -3.42. The first-order valence-corrected chi connectivity index (χ1v) is 18.0. The Bertz CT molecular complexity index is 1390. The Morgan fingerprint density at radius 1 is 0.840 bits per heavy atom. The number of Topliss-reactive ketones (excluding diaryl/α,β-unsaturated/α-hetero) is 2. The quantitative estimate of drug-likeness (QED) is 0.123. The third kappa shape index (κ3) is 12.8. The van der Waals surface area contributed by atoms with Crippen molar-refractivity contribution in [2.45, 2.75) is 95.7 Å². The van der Waals surface area contributed by atoms with Gasteiger partial charge in [0.05, 0.1) is 12.1 Å². The molecule has 4 atom stereocenters. The van der Waals surface area contributed by atoms with Crippen molar-refractivity contribution in [1.82, 2.24) is 15.5 Å². The fourth-order valence-electron chi connectivity index (χ4n) is 6.55. The van der Waals surface area contributed by atoms with Crippen molar-refractivity contribution < 1.29 is 29.1 Å². The number of piperidine rings is 1. The van der Waals surface area contributed by atoms with Gasteiger partial charge in [-0.3, -0.25) is 24.0 Å². The molecule has 0 aliphatic carbocycles. The number of carbonyl (C=O) groups excluding carboxylic acids is 4. The van der Waals surface area contributed by atoms with Gasteiger partial charge in [0.15, 0.2) is 11.6 Å². The van der Waals surface area contributed by atoms with Gasteiger partial charge in [0.1, 0.15) is 5.54 Å². The summed E-state index contributed by atoms with van der Waals surface area (Å²) in [6.07, 6.45) is 3.23. The second-order valence-electron chi connectivity index (χ2n) is 14.3. The molecule has 50 heavy (non-hydrogen) atoms. The summed E-state index contributed by atoms with van der Waals surface area (Å²) >= 11 is 0. The SMILES string of the molecule is CNCCCC[C@@H](CC(=O)[C@@H](CC(C)C)NC(=O)[C@H](CC(=O)[C@H](N)Cc1ccccc1)Cc1ccccc1)C(=O)N1CCC(N)(C(=O)O)CC1. The maximum Gasteiger partial charge on any atom is 0.323 e. The van der Waals surface area contributed by atoms with Gasteiger partial charge in [0.2, 0.25) is 11.8 Å². The Kier molecular flexibility index (Phi) is 16.2. The minimum atomic E-state index is -1.37. The number of carboxylic acid groups (broad SMARTS) is 1. The molecule has 11 nitrogen and oxygen atoms in total. The van der Waals surface area contributed by atoms with Crippen molar-refractivity contribution in [2.75, 3.05) is 26.7 Å². The maximum absolute atomic E-state index is 14.0. The van der Waals surface area contributed by atoms with Crippen LogP contribution in [0, 0.1) is 17.8 Å². The van der Waals surface area contributed by atoms with Crippen LogP contribution < -0.4 is 22.1 Å². The first-order chi connectivity index (χ1) is 23.8. The van der Waals surface area contributed by atoms with Gasteiger partial charge in [-0.05, 0) is 75.6 Å². The molecule has 1 heterocycles. The van der Waals surface area contributed by atoms with Gasteiger partial charge in [0.25, 0.3) is 0 Å². The van der Waals surface area contributed by atoms with Crippen LogP contribution in [0.3, 0.4) is 0 Å². The lowest BCUT2D eigenvalue weighted by Gasteiger charge is -2.38. The van der Waals surface area contributed by atoms with Crippen molar-refractivity contribution in [3.8, 4) is 0 Å². The summed E-state index contributed by atoms with van der Waals surface area (Å²) in [4.78, 5) is 68.5. The second-order valence-corrected chi connectivity index (χ2v) is 14.3. The van der Waals surface area contributed by atoms with E-state index in [-0.39, 0.29) is 62.2 Å². The number of benzene rings is 2. The summed E-state index contributed by atoms with van der Waals surface area (Å²) in [5.41, 5.74) is 12.8. The Hall–Kier alpha value is -3.93. The number of hydrogen-bond acceptors (Lipinski definition) is 8. The molecule has 0 aromatic heterocycles. The number of rotatable bonds is 21. The topological polar surface area (TPSA) is 185 Å². The van der Waals surface area contributed by atoms with Crippen LogP contribution in [0.25, 0.3) is 0 Å². The highest BCUT2D eigenvalue weighted by atomic mass is 16.4. The lowest BCUT2D eigenvalue weighted by molar-refractivity contribution is -0.149. The van der Waals surface area contributed by atoms with E-state index in [9.17, 15) is 29.1 Å². The normalized spacial score (nSPS) is 16.6. The summed E-state index contributed by atoms with van der Waals surface area (Å²) in [6.45, 7) is 5.12. The van der Waals surface area contributed by atoms with Crippen molar-refractivity contribution in [3.05, 3.63) is 71.8 Å². The molecule has 0 bridgehead atoms. The molecule has 2 aromatic rings. The van der Waals surface area contributed by atoms with E-state index in [1.807, 2.05) is 81.6 Å². The molecule has 0 unspecified atom stereocenters. The number of nitrogens with zero attached hydrogens (tertiary/aromatic N) is 1. The van der Waals surface area contributed by atoms with Gasteiger partial charge in [-0.2, -0.15) is 0 Å². The van der Waals surface area contributed by atoms with Crippen LogP contribution in [0.4, 0.5) is 0 Å². The zero-order valence-corrected chi connectivity index (χ0v) is 29.9. The smallest absolute Gasteiger partial charge is 0.323 e. The van der Waals surface area contributed by atoms with Gasteiger partial charge >= 0.3 is 5.97 Å². The number of hydrogen-bond donors (Lipinski definition) is 5. The zero-order chi connectivity index (χ0) is 36.7. The van der Waals surface area contributed by atoms with Crippen LogP contribution in [-0.4, -0.2) is 83.7 Å². The monoisotopic (exact) mass is 691 g/mol. The van der Waals surface area contributed by atoms with E-state index in [4.69, 9.17) is 11.5 Å². The molecule has 274 valence electrons. The van der Waals surface area contributed by atoms with Crippen molar-refractivity contribution >= 4 is 29.4 Å². The van der Waals surface area contributed by atoms with Gasteiger partial charge in [-0.1, -0.05) is 80.9 Å². The zero-order valence-electron chi connectivity index (χ0n) is 29.9. The number of likely N-dealkylation sites (tertiary alicyclic amines) is 1. The molecule has 2 amide bonds. The average Bonchev–Trinajstić information content (AvgIpc) is 3.09. The van der Waals surface area contributed by atoms with Crippen LogP contribution in [0.2, 0.25) is 0 Å². The highest BCUT2D eigenvalue weighted by Gasteiger charge is 2.40. The van der Waals surface area contributed by atoms with Crippen LogP contribution in [0.5, 0.6) is 0 Å². The van der Waals surface area contributed by atoms with E-state index in [1.165, 1.54) is 0 Å².